The third-order valence-electron chi connectivity index (χ3n) is 20.3. The summed E-state index contributed by atoms with van der Waals surface area (Å²) in [5.41, 5.74) is 0. The molecule has 0 aromatic rings. The van der Waals surface area contributed by atoms with E-state index < -0.39 is 12.1 Å². The van der Waals surface area contributed by atoms with Gasteiger partial charge in [0.25, 0.3) is 0 Å². The topological polar surface area (TPSA) is 95.9 Å². The highest BCUT2D eigenvalue weighted by Gasteiger charge is 2.18. The summed E-state index contributed by atoms with van der Waals surface area (Å²) in [5, 5.41) is 23.3. The van der Waals surface area contributed by atoms with E-state index in [9.17, 15) is 19.8 Å². The van der Waals surface area contributed by atoms with Gasteiger partial charge >= 0.3 is 5.97 Å². The number of esters is 1. The average molecular weight is 1280 g/mol. The molecule has 0 aromatic heterocycles. The molecule has 6 nitrogen and oxygen atoms in total. The number of aliphatic hydroxyl groups is 2. The van der Waals surface area contributed by atoms with Crippen LogP contribution in [-0.4, -0.2) is 47.4 Å². The van der Waals surface area contributed by atoms with Gasteiger partial charge in [0, 0.05) is 12.8 Å². The van der Waals surface area contributed by atoms with Gasteiger partial charge in [0.1, 0.15) is 0 Å². The molecule has 0 rings (SSSR count). The maximum absolute atomic E-state index is 12.6. The summed E-state index contributed by atoms with van der Waals surface area (Å²) < 4.78 is 5.53. The van der Waals surface area contributed by atoms with Crippen molar-refractivity contribution in [1.82, 2.24) is 5.32 Å². The molecule has 6 heteroatoms. The summed E-state index contributed by atoms with van der Waals surface area (Å²) in [6.45, 7) is 4.98. The van der Waals surface area contributed by atoms with Crippen molar-refractivity contribution in [1.29, 1.82) is 0 Å². The highest BCUT2D eigenvalue weighted by molar-refractivity contribution is 5.76. The van der Waals surface area contributed by atoms with Crippen LogP contribution >= 0.6 is 0 Å². The predicted octanol–water partition coefficient (Wildman–Crippen LogP) is 28.2. The lowest BCUT2D eigenvalue weighted by Crippen LogP contribution is -2.45. The van der Waals surface area contributed by atoms with Crippen molar-refractivity contribution in [3.8, 4) is 0 Å². The smallest absolute Gasteiger partial charge is 0.305 e. The summed E-state index contributed by atoms with van der Waals surface area (Å²) in [6.07, 6.45) is 104. The van der Waals surface area contributed by atoms with Gasteiger partial charge in [-0.05, 0) is 32.1 Å². The Morgan fingerprint density at radius 2 is 0.505 bits per heavy atom. The van der Waals surface area contributed by atoms with Crippen molar-refractivity contribution in [3.63, 3.8) is 0 Å². The van der Waals surface area contributed by atoms with E-state index in [2.05, 4.69) is 19.2 Å². The van der Waals surface area contributed by atoms with Crippen LogP contribution in [0.5, 0.6) is 0 Å². The van der Waals surface area contributed by atoms with Crippen molar-refractivity contribution >= 4 is 11.9 Å². The monoisotopic (exact) mass is 1280 g/mol. The highest BCUT2D eigenvalue weighted by atomic mass is 16.5. The van der Waals surface area contributed by atoms with Crippen molar-refractivity contribution in [2.45, 2.75) is 508 Å². The van der Waals surface area contributed by atoms with Crippen LogP contribution in [0.3, 0.4) is 0 Å². The maximum atomic E-state index is 12.6. The summed E-state index contributed by atoms with van der Waals surface area (Å²) >= 11 is 0. The fourth-order valence-corrected chi connectivity index (χ4v) is 13.9. The van der Waals surface area contributed by atoms with E-state index in [1.165, 1.54) is 430 Å². The summed E-state index contributed by atoms with van der Waals surface area (Å²) in [5.74, 6) is -0.0296. The van der Waals surface area contributed by atoms with Gasteiger partial charge in [-0.2, -0.15) is 0 Å². The van der Waals surface area contributed by atoms with Crippen LogP contribution in [0, 0.1) is 0 Å². The molecule has 0 aliphatic rings. The second kappa shape index (κ2) is 81.0. The number of hydrogen-bond donors (Lipinski definition) is 3. The van der Waals surface area contributed by atoms with E-state index in [0.717, 1.165) is 38.5 Å². The fraction of sp³-hybridized carbons (Fsp3) is 0.953. The summed E-state index contributed by atoms with van der Waals surface area (Å²) in [6, 6.07) is -0.625. The molecule has 0 aliphatic carbocycles. The van der Waals surface area contributed by atoms with Crippen molar-refractivity contribution in [2.75, 3.05) is 13.2 Å². The first-order valence-electron chi connectivity index (χ1n) is 42.5. The first-order valence-corrected chi connectivity index (χ1v) is 42.5. The van der Waals surface area contributed by atoms with Gasteiger partial charge in [-0.25, -0.2) is 0 Å². The average Bonchev–Trinajstić information content (AvgIpc) is 3.64. The van der Waals surface area contributed by atoms with Gasteiger partial charge < -0.3 is 20.3 Å². The van der Waals surface area contributed by atoms with Gasteiger partial charge in [0.15, 0.2) is 0 Å². The van der Waals surface area contributed by atoms with Crippen LogP contribution in [0.2, 0.25) is 0 Å². The van der Waals surface area contributed by atoms with E-state index in [0.29, 0.717) is 19.4 Å². The zero-order valence-corrected chi connectivity index (χ0v) is 62.4. The molecule has 0 bridgehead atoms. The Bertz CT molecular complexity index is 1380. The molecular weight excluding hydrogens is 1110 g/mol. The molecular formula is C85H167NO5. The van der Waals surface area contributed by atoms with Crippen LogP contribution in [0.4, 0.5) is 0 Å². The first kappa shape index (κ1) is 89.6. The Kier molecular flexibility index (Phi) is 79.8. The van der Waals surface area contributed by atoms with E-state index in [-0.39, 0.29) is 18.5 Å². The number of ether oxygens (including phenoxy) is 1. The number of carbonyl (C=O) groups is 2. The van der Waals surface area contributed by atoms with Gasteiger partial charge in [0.05, 0.1) is 25.4 Å². The lowest BCUT2D eigenvalue weighted by molar-refractivity contribution is -0.143. The molecule has 542 valence electrons. The first-order chi connectivity index (χ1) is 45.0. The van der Waals surface area contributed by atoms with E-state index >= 15 is 0 Å². The molecule has 2 atom stereocenters. The Balaban J connectivity index is 3.32. The summed E-state index contributed by atoms with van der Waals surface area (Å²) in [4.78, 5) is 24.7. The number of hydrogen-bond acceptors (Lipinski definition) is 5. The number of amides is 1. The number of unbranched alkanes of at least 4 members (excludes halogenated alkanes) is 70. The van der Waals surface area contributed by atoms with Crippen molar-refractivity contribution in [3.05, 3.63) is 12.2 Å². The lowest BCUT2D eigenvalue weighted by atomic mass is 10.0. The van der Waals surface area contributed by atoms with E-state index in [1.54, 1.807) is 6.08 Å². The molecule has 0 spiro atoms. The molecule has 0 radical (unpaired) electrons. The minimum absolute atomic E-state index is 0.0278. The van der Waals surface area contributed by atoms with Crippen LogP contribution in [0.1, 0.15) is 495 Å². The molecule has 3 N–H and O–H groups in total. The van der Waals surface area contributed by atoms with Gasteiger partial charge in [-0.1, -0.05) is 463 Å². The number of nitrogens with one attached hydrogen (secondary N) is 1. The number of rotatable bonds is 81. The molecule has 0 saturated carbocycles. The Morgan fingerprint density at radius 3 is 0.747 bits per heavy atom. The third-order valence-corrected chi connectivity index (χ3v) is 20.3. The minimum atomic E-state index is -0.842. The standard InChI is InChI=1S/C85H167NO5/c1-3-5-7-9-11-13-15-17-19-21-23-24-38-42-45-49-53-57-61-65-69-73-77-83(88)82(81-87)86-84(89)78-74-70-66-62-58-54-50-46-43-39-36-34-32-30-28-26-25-27-29-31-33-35-37-40-44-48-52-56-60-64-68-72-76-80-91-85(90)79-75-71-67-63-59-55-51-47-41-22-20-18-16-14-12-10-8-6-4-2/h73,77,82-83,87-88H,3-72,74-76,78-81H2,1-2H3,(H,86,89)/b77-73+. The molecule has 0 aromatic carbocycles. The molecule has 1 amide bonds. The van der Waals surface area contributed by atoms with Gasteiger partial charge in [-0.15, -0.1) is 0 Å². The zero-order valence-electron chi connectivity index (χ0n) is 62.4. The minimum Gasteiger partial charge on any atom is -0.466 e. The van der Waals surface area contributed by atoms with Crippen LogP contribution in [0.25, 0.3) is 0 Å². The highest BCUT2D eigenvalue weighted by Crippen LogP contribution is 2.21. The number of allylic oxidation sites excluding steroid dienone is 1. The molecule has 0 saturated heterocycles. The van der Waals surface area contributed by atoms with E-state index in [4.69, 9.17) is 4.74 Å². The van der Waals surface area contributed by atoms with Gasteiger partial charge in [0.2, 0.25) is 5.91 Å². The summed E-state index contributed by atoms with van der Waals surface area (Å²) in [7, 11) is 0. The third kappa shape index (κ3) is 77.5. The van der Waals surface area contributed by atoms with Crippen LogP contribution < -0.4 is 5.32 Å². The predicted molar refractivity (Wildman–Crippen MR) is 403 cm³/mol. The Hall–Kier alpha value is -1.40. The van der Waals surface area contributed by atoms with Crippen molar-refractivity contribution in [2.24, 2.45) is 0 Å². The largest absolute Gasteiger partial charge is 0.466 e. The van der Waals surface area contributed by atoms with Crippen LogP contribution in [0.15, 0.2) is 12.2 Å². The second-order valence-corrected chi connectivity index (χ2v) is 29.5. The number of aliphatic hydroxyl groups excluding tert-OH is 2. The molecule has 91 heavy (non-hydrogen) atoms. The normalized spacial score (nSPS) is 12.4. The second-order valence-electron chi connectivity index (χ2n) is 29.5. The van der Waals surface area contributed by atoms with Crippen molar-refractivity contribution < 1.29 is 24.5 Å². The zero-order chi connectivity index (χ0) is 65.6. The molecule has 0 aliphatic heterocycles. The molecule has 0 fully saturated rings. The molecule has 0 heterocycles. The maximum Gasteiger partial charge on any atom is 0.305 e. The lowest BCUT2D eigenvalue weighted by Gasteiger charge is -2.20. The fourth-order valence-electron chi connectivity index (χ4n) is 13.9. The van der Waals surface area contributed by atoms with Gasteiger partial charge in [-0.3, -0.25) is 9.59 Å². The molecule has 2 unspecified atom stereocenters. The van der Waals surface area contributed by atoms with E-state index in [1.807, 2.05) is 6.08 Å². The SMILES string of the molecule is CCCCCCCCCCCCCCCCCCCCCC/C=C/C(O)C(CO)NC(=O)CCCCCCCCCCCCCCCCCCCCCCCCCCCCCCCCCCCOC(=O)CCCCCCCCCCCCCCCCCCCCC. The quantitative estimate of drug-likeness (QED) is 0.0320. The van der Waals surface area contributed by atoms with Crippen LogP contribution in [-0.2, 0) is 14.3 Å². The Morgan fingerprint density at radius 1 is 0.297 bits per heavy atom. The number of carbonyl (C=O) groups excluding carboxylic acids is 2. The Labute approximate surface area is 571 Å².